The van der Waals surface area contributed by atoms with Crippen LogP contribution >= 0.6 is 0 Å². The summed E-state index contributed by atoms with van der Waals surface area (Å²) < 4.78 is 78.9. The van der Waals surface area contributed by atoms with E-state index in [2.05, 4.69) is 25.1 Å². The first-order chi connectivity index (χ1) is 30.8. The molecule has 64 heavy (non-hydrogen) atoms. The standard InChI is InChI=1S/C45H45F3N8O7S/c46-30-13-15-55(26-30)64(61,62)52-37-10-9-36(47)40(41(37)48)42(58)35-24-50-43-34(35)22-28(23-49-43)27-3-6-32(7-4-27)63-20-2-1-14-53-16-18-54(19-17-53)31-5-8-33-29(21-31)25-56(45(33)60)38-11-12-39(57)51-44(38)59/h3-10,21-24,30,38,52H,1-2,11-20,25-26H2,(H,49,50)(H,51,57,59)/t30-,38?/m1/s1. The normalized spacial score (nSPS) is 19.6. The molecule has 19 heteroatoms. The van der Waals surface area contributed by atoms with E-state index in [0.29, 0.717) is 47.5 Å². The molecule has 3 saturated heterocycles. The van der Waals surface area contributed by atoms with Crippen molar-refractivity contribution >= 4 is 56.1 Å². The number of fused-ring (bicyclic) bond motifs is 2. The fraction of sp³-hybridized carbons (Fsp3) is 0.356. The molecular weight excluding hydrogens is 854 g/mol. The number of imide groups is 1. The predicted molar refractivity (Wildman–Crippen MR) is 231 cm³/mol. The lowest BCUT2D eigenvalue weighted by Crippen LogP contribution is -2.52. The molecule has 6 heterocycles. The van der Waals surface area contributed by atoms with Gasteiger partial charge < -0.3 is 19.5 Å². The summed E-state index contributed by atoms with van der Waals surface area (Å²) in [7, 11) is -4.36. The van der Waals surface area contributed by atoms with Gasteiger partial charge in [-0.15, -0.1) is 0 Å². The fourth-order valence-corrected chi connectivity index (χ4v) is 10.1. The first kappa shape index (κ1) is 43.0. The van der Waals surface area contributed by atoms with Gasteiger partial charge in [0.05, 0.1) is 17.9 Å². The number of benzene rings is 3. The number of halogens is 3. The van der Waals surface area contributed by atoms with Crippen molar-refractivity contribution in [3.63, 3.8) is 0 Å². The molecule has 3 amide bonds. The van der Waals surface area contributed by atoms with Crippen LogP contribution in [-0.2, 0) is 26.3 Å². The molecule has 0 saturated carbocycles. The highest BCUT2D eigenvalue weighted by molar-refractivity contribution is 7.90. The van der Waals surface area contributed by atoms with E-state index in [1.165, 1.54) is 6.20 Å². The monoisotopic (exact) mass is 898 g/mol. The van der Waals surface area contributed by atoms with E-state index in [0.717, 1.165) is 78.8 Å². The van der Waals surface area contributed by atoms with Gasteiger partial charge in [0.25, 0.3) is 5.91 Å². The molecular formula is C45H45F3N8O7S. The van der Waals surface area contributed by atoms with Crippen molar-refractivity contribution < 1.29 is 45.5 Å². The van der Waals surface area contributed by atoms with E-state index < -0.39 is 63.5 Å². The third kappa shape index (κ3) is 8.66. The van der Waals surface area contributed by atoms with Crippen LogP contribution in [0.15, 0.2) is 73.1 Å². The smallest absolute Gasteiger partial charge is 0.301 e. The molecule has 0 aliphatic carbocycles. The number of hydrogen-bond donors (Lipinski definition) is 3. The number of amides is 3. The number of anilines is 2. The van der Waals surface area contributed by atoms with E-state index >= 15 is 8.78 Å². The molecule has 4 aliphatic heterocycles. The Morgan fingerprint density at radius 1 is 0.922 bits per heavy atom. The number of ether oxygens (including phenoxy) is 1. The molecule has 0 spiro atoms. The highest BCUT2D eigenvalue weighted by atomic mass is 32.2. The number of carbonyl (C=O) groups is 4. The number of nitrogens with one attached hydrogen (secondary N) is 3. The topological polar surface area (TPSA) is 177 Å². The Labute approximate surface area is 366 Å². The zero-order valence-corrected chi connectivity index (χ0v) is 35.4. The number of pyridine rings is 1. The minimum atomic E-state index is -4.36. The van der Waals surface area contributed by atoms with E-state index in [9.17, 15) is 32.0 Å². The third-order valence-electron chi connectivity index (χ3n) is 12.3. The second-order valence-corrected chi connectivity index (χ2v) is 18.1. The van der Waals surface area contributed by atoms with Crippen LogP contribution in [0.5, 0.6) is 5.75 Å². The molecule has 15 nitrogen and oxygen atoms in total. The molecule has 2 atom stereocenters. The fourth-order valence-electron chi connectivity index (χ4n) is 8.79. The molecule has 0 radical (unpaired) electrons. The minimum absolute atomic E-state index is 0.00132. The van der Waals surface area contributed by atoms with Gasteiger partial charge in [-0.3, -0.25) is 34.1 Å². The van der Waals surface area contributed by atoms with Gasteiger partial charge in [0.1, 0.15) is 29.4 Å². The molecule has 3 aromatic carbocycles. The van der Waals surface area contributed by atoms with Crippen LogP contribution < -0.4 is 19.7 Å². The maximum Gasteiger partial charge on any atom is 0.301 e. The number of nitrogens with zero attached hydrogens (tertiary/aromatic N) is 5. The van der Waals surface area contributed by atoms with Crippen LogP contribution in [0.4, 0.5) is 24.5 Å². The van der Waals surface area contributed by atoms with Crippen LogP contribution in [0, 0.1) is 11.6 Å². The van der Waals surface area contributed by atoms with Crippen molar-refractivity contribution in [3.8, 4) is 16.9 Å². The van der Waals surface area contributed by atoms with E-state index in [1.54, 1.807) is 17.2 Å². The van der Waals surface area contributed by atoms with Gasteiger partial charge in [0.15, 0.2) is 5.82 Å². The Kier molecular flexibility index (Phi) is 11.9. The maximum atomic E-state index is 15.7. The average Bonchev–Trinajstić information content (AvgIpc) is 4.01. The number of rotatable bonds is 14. The highest BCUT2D eigenvalue weighted by Crippen LogP contribution is 2.33. The summed E-state index contributed by atoms with van der Waals surface area (Å²) >= 11 is 0. The van der Waals surface area contributed by atoms with Crippen molar-refractivity contribution in [2.75, 3.05) is 62.0 Å². The number of aromatic nitrogens is 2. The van der Waals surface area contributed by atoms with Crippen molar-refractivity contribution in [2.45, 2.75) is 50.9 Å². The summed E-state index contributed by atoms with van der Waals surface area (Å²) in [6.45, 7) is 4.79. The van der Waals surface area contributed by atoms with Crippen molar-refractivity contribution in [2.24, 2.45) is 0 Å². The van der Waals surface area contributed by atoms with Gasteiger partial charge in [0.2, 0.25) is 17.6 Å². The van der Waals surface area contributed by atoms with Gasteiger partial charge in [-0.1, -0.05) is 12.1 Å². The van der Waals surface area contributed by atoms with Crippen LogP contribution in [0.2, 0.25) is 0 Å². The number of aromatic amines is 1. The third-order valence-corrected chi connectivity index (χ3v) is 13.8. The summed E-state index contributed by atoms with van der Waals surface area (Å²) in [6.07, 6.45) is 3.90. The zero-order valence-electron chi connectivity index (χ0n) is 34.6. The first-order valence-electron chi connectivity index (χ1n) is 21.2. The van der Waals surface area contributed by atoms with Gasteiger partial charge in [-0.25, -0.2) is 18.2 Å². The molecule has 0 bridgehead atoms. The van der Waals surface area contributed by atoms with Crippen molar-refractivity contribution in [3.05, 3.63) is 107 Å². The Bertz CT molecular complexity index is 2760. The zero-order chi connectivity index (χ0) is 44.7. The lowest BCUT2D eigenvalue weighted by Gasteiger charge is -2.36. The van der Waals surface area contributed by atoms with Gasteiger partial charge >= 0.3 is 10.2 Å². The molecule has 5 aromatic rings. The average molecular weight is 899 g/mol. The van der Waals surface area contributed by atoms with Crippen molar-refractivity contribution in [1.82, 2.24) is 29.4 Å². The molecule has 2 aromatic heterocycles. The summed E-state index contributed by atoms with van der Waals surface area (Å²) in [5.41, 5.74) is 2.59. The van der Waals surface area contributed by atoms with Crippen molar-refractivity contribution in [1.29, 1.82) is 0 Å². The lowest BCUT2D eigenvalue weighted by molar-refractivity contribution is -0.136. The number of H-pyrrole nitrogens is 1. The number of hydrogen-bond acceptors (Lipinski definition) is 10. The van der Waals surface area contributed by atoms with E-state index in [1.807, 2.05) is 47.2 Å². The number of unbranched alkanes of at least 4 members (excludes halogenated alkanes) is 1. The molecule has 3 fully saturated rings. The van der Waals surface area contributed by atoms with Gasteiger partial charge in [-0.05, 0) is 91.9 Å². The van der Waals surface area contributed by atoms with Crippen LogP contribution in [0.1, 0.15) is 63.9 Å². The van der Waals surface area contributed by atoms with Gasteiger partial charge in [0, 0.05) is 92.4 Å². The predicted octanol–water partition coefficient (Wildman–Crippen LogP) is 5.18. The minimum Gasteiger partial charge on any atom is -0.494 e. The van der Waals surface area contributed by atoms with Gasteiger partial charge in [-0.2, -0.15) is 12.7 Å². The SMILES string of the molecule is O=C1CCC(N2Cc3cc(N4CCN(CCCCOc5ccc(-c6cnc7[nH]cc(C(=O)c8c(F)ccc(NS(=O)(=O)N9CC[C@@H](F)C9)c8F)c7c6)cc5)CC4)ccc3C2=O)C(=O)N1. The Hall–Kier alpha value is -6.31. The summed E-state index contributed by atoms with van der Waals surface area (Å²) in [5.74, 6) is -3.82. The number of piperidine rings is 1. The van der Waals surface area contributed by atoms with E-state index in [-0.39, 0.29) is 36.8 Å². The summed E-state index contributed by atoms with van der Waals surface area (Å²) in [6, 6.07) is 15.9. The molecule has 4 aliphatic rings. The van der Waals surface area contributed by atoms with E-state index in [4.69, 9.17) is 4.74 Å². The number of alkyl halides is 1. The quantitative estimate of drug-likeness (QED) is 0.0765. The maximum absolute atomic E-state index is 15.7. The van der Waals surface area contributed by atoms with Crippen LogP contribution in [0.3, 0.4) is 0 Å². The Morgan fingerprint density at radius 3 is 2.47 bits per heavy atom. The Balaban J connectivity index is 0.749. The number of piperazine rings is 1. The highest BCUT2D eigenvalue weighted by Gasteiger charge is 2.39. The summed E-state index contributed by atoms with van der Waals surface area (Å²) in [4.78, 5) is 64.4. The van der Waals surface area contributed by atoms with Crippen LogP contribution in [0.25, 0.3) is 22.2 Å². The lowest BCUT2D eigenvalue weighted by atomic mass is 10.00. The largest absolute Gasteiger partial charge is 0.494 e. The molecule has 3 N–H and O–H groups in total. The number of ketones is 1. The van der Waals surface area contributed by atoms with Crippen LogP contribution in [-0.4, -0.2) is 121 Å². The molecule has 1 unspecified atom stereocenters. The number of carbonyl (C=O) groups excluding carboxylic acids is 4. The molecule has 334 valence electrons. The first-order valence-corrected chi connectivity index (χ1v) is 22.7. The second kappa shape index (κ2) is 17.7. The Morgan fingerprint density at radius 2 is 1.72 bits per heavy atom. The summed E-state index contributed by atoms with van der Waals surface area (Å²) in [5, 5.41) is 2.65. The second-order valence-electron chi connectivity index (χ2n) is 16.4. The molecule has 9 rings (SSSR count).